The van der Waals surface area contributed by atoms with Crippen molar-refractivity contribution in [3.8, 4) is 0 Å². The molecule has 1 heterocycles. The van der Waals surface area contributed by atoms with Gasteiger partial charge in [0.25, 0.3) is 0 Å². The van der Waals surface area contributed by atoms with Crippen LogP contribution in [-0.4, -0.2) is 6.61 Å². The molecule has 1 rings (SSSR count). The average Bonchev–Trinajstić information content (AvgIpc) is 2.04. The fourth-order valence-electron chi connectivity index (χ4n) is 1.16. The Balaban J connectivity index is 2.90. The first kappa shape index (κ1) is 9.40. The van der Waals surface area contributed by atoms with Gasteiger partial charge in [-0.25, -0.2) is 0 Å². The molecule has 0 aromatic heterocycles. The maximum absolute atomic E-state index is 6.03. The zero-order valence-electron chi connectivity index (χ0n) is 7.32. The van der Waals surface area contributed by atoms with Crippen molar-refractivity contribution in [2.75, 3.05) is 6.61 Å². The van der Waals surface area contributed by atoms with Gasteiger partial charge in [0, 0.05) is 10.6 Å². The van der Waals surface area contributed by atoms with Crippen molar-refractivity contribution in [3.05, 3.63) is 35.1 Å². The van der Waals surface area contributed by atoms with Gasteiger partial charge in [-0.3, -0.25) is 0 Å². The van der Waals surface area contributed by atoms with Gasteiger partial charge < -0.3 is 4.74 Å². The summed E-state index contributed by atoms with van der Waals surface area (Å²) in [6, 6.07) is 0. The topological polar surface area (TPSA) is 9.23 Å². The molecule has 1 aliphatic rings. The summed E-state index contributed by atoms with van der Waals surface area (Å²) in [6.45, 7) is 10.2. The highest BCUT2D eigenvalue weighted by atomic mass is 35.5. The van der Waals surface area contributed by atoms with E-state index in [0.717, 1.165) is 30.6 Å². The highest BCUT2D eigenvalue weighted by molar-refractivity contribution is 6.32. The molecule has 0 aliphatic carbocycles. The maximum atomic E-state index is 6.03. The summed E-state index contributed by atoms with van der Waals surface area (Å²) in [5.74, 6) is 0.703. The minimum atomic E-state index is 0.703. The summed E-state index contributed by atoms with van der Waals surface area (Å²) in [5, 5.41) is 0.708. The van der Waals surface area contributed by atoms with Crippen molar-refractivity contribution in [2.45, 2.75) is 19.8 Å². The molecule has 0 saturated carbocycles. The number of hydrogen-bond acceptors (Lipinski definition) is 1. The first-order valence-corrected chi connectivity index (χ1v) is 4.37. The van der Waals surface area contributed by atoms with Gasteiger partial charge in [-0.2, -0.15) is 0 Å². The van der Waals surface area contributed by atoms with Crippen molar-refractivity contribution in [1.82, 2.24) is 0 Å². The predicted molar refractivity (Wildman–Crippen MR) is 52.0 cm³/mol. The van der Waals surface area contributed by atoms with Crippen LogP contribution in [0.4, 0.5) is 0 Å². The Morgan fingerprint density at radius 3 is 2.75 bits per heavy atom. The number of halogens is 1. The molecule has 66 valence electrons. The quantitative estimate of drug-likeness (QED) is 0.607. The van der Waals surface area contributed by atoms with E-state index in [2.05, 4.69) is 13.2 Å². The minimum Gasteiger partial charge on any atom is -0.494 e. The minimum absolute atomic E-state index is 0.703. The second-order valence-electron chi connectivity index (χ2n) is 2.95. The lowest BCUT2D eigenvalue weighted by Crippen LogP contribution is -2.06. The van der Waals surface area contributed by atoms with Crippen LogP contribution < -0.4 is 0 Å². The Labute approximate surface area is 78.4 Å². The van der Waals surface area contributed by atoms with Gasteiger partial charge in [0.15, 0.2) is 0 Å². The third-order valence-corrected chi connectivity index (χ3v) is 2.37. The van der Waals surface area contributed by atoms with Crippen LogP contribution in [0.2, 0.25) is 0 Å². The summed E-state index contributed by atoms with van der Waals surface area (Å²) in [5.41, 5.74) is 1.88. The molecular weight excluding hydrogens is 172 g/mol. The number of hydrogen-bond donors (Lipinski definition) is 0. The van der Waals surface area contributed by atoms with E-state index in [9.17, 15) is 0 Å². The van der Waals surface area contributed by atoms with Crippen molar-refractivity contribution < 1.29 is 4.74 Å². The van der Waals surface area contributed by atoms with Gasteiger partial charge in [-0.1, -0.05) is 24.8 Å². The highest BCUT2D eigenvalue weighted by Gasteiger charge is 2.14. The van der Waals surface area contributed by atoms with Crippen LogP contribution in [0.1, 0.15) is 19.8 Å². The van der Waals surface area contributed by atoms with Crippen molar-refractivity contribution >= 4 is 11.6 Å². The van der Waals surface area contributed by atoms with Crippen LogP contribution in [0.15, 0.2) is 35.1 Å². The smallest absolute Gasteiger partial charge is 0.116 e. The van der Waals surface area contributed by atoms with Gasteiger partial charge in [-0.15, -0.1) is 0 Å². The van der Waals surface area contributed by atoms with E-state index in [0.29, 0.717) is 10.8 Å². The lowest BCUT2D eigenvalue weighted by atomic mass is 10.0. The molecule has 1 nitrogen and oxygen atoms in total. The molecule has 0 bridgehead atoms. The molecule has 0 aromatic rings. The van der Waals surface area contributed by atoms with Crippen LogP contribution >= 0.6 is 11.6 Å². The normalized spacial score (nSPS) is 21.7. The van der Waals surface area contributed by atoms with E-state index in [1.54, 1.807) is 0 Å². The summed E-state index contributed by atoms with van der Waals surface area (Å²) < 4.78 is 5.28. The molecule has 1 saturated heterocycles. The molecule has 12 heavy (non-hydrogen) atoms. The molecule has 0 aromatic carbocycles. The van der Waals surface area contributed by atoms with Crippen LogP contribution in [0.5, 0.6) is 0 Å². The first-order valence-electron chi connectivity index (χ1n) is 3.99. The Kier molecular flexibility index (Phi) is 2.99. The Hall–Kier alpha value is -0.690. The second kappa shape index (κ2) is 3.81. The Morgan fingerprint density at radius 2 is 2.25 bits per heavy atom. The van der Waals surface area contributed by atoms with Gasteiger partial charge in [-0.05, 0) is 25.3 Å². The Morgan fingerprint density at radius 1 is 1.58 bits per heavy atom. The summed E-state index contributed by atoms with van der Waals surface area (Å²) in [6.07, 6.45) is 1.96. The van der Waals surface area contributed by atoms with Crippen LogP contribution in [-0.2, 0) is 4.74 Å². The van der Waals surface area contributed by atoms with Crippen molar-refractivity contribution in [2.24, 2.45) is 0 Å². The van der Waals surface area contributed by atoms with E-state index >= 15 is 0 Å². The Bertz CT molecular complexity index is 251. The lowest BCUT2D eigenvalue weighted by Gasteiger charge is -2.19. The number of allylic oxidation sites excluding steroid dienone is 3. The molecule has 1 aliphatic heterocycles. The van der Waals surface area contributed by atoms with Gasteiger partial charge in [0.2, 0.25) is 0 Å². The monoisotopic (exact) mass is 184 g/mol. The van der Waals surface area contributed by atoms with Gasteiger partial charge >= 0.3 is 0 Å². The largest absolute Gasteiger partial charge is 0.494 e. The van der Waals surface area contributed by atoms with E-state index in [1.165, 1.54) is 0 Å². The molecule has 0 spiro atoms. The van der Waals surface area contributed by atoms with Crippen molar-refractivity contribution in [3.63, 3.8) is 0 Å². The lowest BCUT2D eigenvalue weighted by molar-refractivity contribution is 0.195. The zero-order chi connectivity index (χ0) is 9.14. The van der Waals surface area contributed by atoms with E-state index in [-0.39, 0.29) is 0 Å². The van der Waals surface area contributed by atoms with Crippen molar-refractivity contribution in [1.29, 1.82) is 0 Å². The predicted octanol–water partition coefficient (Wildman–Crippen LogP) is 3.38. The third-order valence-electron chi connectivity index (χ3n) is 1.82. The van der Waals surface area contributed by atoms with Gasteiger partial charge in [0.1, 0.15) is 5.76 Å². The second-order valence-corrected chi connectivity index (χ2v) is 3.33. The fraction of sp³-hybridized carbons (Fsp3) is 0.400. The molecule has 0 unspecified atom stereocenters. The zero-order valence-corrected chi connectivity index (χ0v) is 8.08. The molecule has 0 N–H and O–H groups in total. The summed E-state index contributed by atoms with van der Waals surface area (Å²) >= 11 is 6.03. The van der Waals surface area contributed by atoms with Gasteiger partial charge in [0.05, 0.1) is 6.61 Å². The average molecular weight is 185 g/mol. The highest BCUT2D eigenvalue weighted by Crippen LogP contribution is 2.29. The maximum Gasteiger partial charge on any atom is 0.116 e. The molecule has 0 radical (unpaired) electrons. The van der Waals surface area contributed by atoms with E-state index in [1.807, 2.05) is 6.92 Å². The summed E-state index contributed by atoms with van der Waals surface area (Å²) in [7, 11) is 0. The first-order chi connectivity index (χ1) is 5.63. The van der Waals surface area contributed by atoms with Crippen LogP contribution in [0, 0.1) is 0 Å². The molecule has 1 fully saturated rings. The molecular formula is C10H13ClO. The van der Waals surface area contributed by atoms with E-state index in [4.69, 9.17) is 16.3 Å². The van der Waals surface area contributed by atoms with E-state index < -0.39 is 0 Å². The fourth-order valence-corrected chi connectivity index (χ4v) is 1.36. The summed E-state index contributed by atoms with van der Waals surface area (Å²) in [4.78, 5) is 0. The SMILES string of the molecule is C=C(C)/C(Cl)=C1/CCCOC1=C. The van der Waals surface area contributed by atoms with Crippen LogP contribution in [0.3, 0.4) is 0 Å². The standard InChI is InChI=1S/C10H13ClO/c1-7(2)10(11)9-5-4-6-12-8(9)3/h1,3-6H2,2H3/b10-9+. The van der Waals surface area contributed by atoms with Crippen LogP contribution in [0.25, 0.3) is 0 Å². The molecule has 0 amide bonds. The molecule has 0 atom stereocenters. The number of ether oxygens (including phenoxy) is 1. The third kappa shape index (κ3) is 1.92. The molecule has 2 heteroatoms. The number of rotatable bonds is 1.